The summed E-state index contributed by atoms with van der Waals surface area (Å²) < 4.78 is 0. The number of rotatable bonds is 2. The normalized spacial score (nSPS) is 23.2. The zero-order chi connectivity index (χ0) is 15.8. The first kappa shape index (κ1) is 13.8. The van der Waals surface area contributed by atoms with Crippen LogP contribution in [0.5, 0.6) is 0 Å². The first-order chi connectivity index (χ1) is 11.2. The quantitative estimate of drug-likeness (QED) is 0.812. The van der Waals surface area contributed by atoms with Crippen molar-refractivity contribution in [1.29, 1.82) is 0 Å². The Labute approximate surface area is 133 Å². The molecule has 7 heteroatoms. The molecule has 2 fully saturated rings. The van der Waals surface area contributed by atoms with Gasteiger partial charge in [-0.05, 0) is 12.1 Å². The van der Waals surface area contributed by atoms with Crippen molar-refractivity contribution >= 4 is 17.5 Å². The average Bonchev–Trinajstić information content (AvgIpc) is 3.16. The number of nitrogens with zero attached hydrogens (tertiary/aromatic N) is 5. The van der Waals surface area contributed by atoms with Crippen LogP contribution >= 0.6 is 0 Å². The van der Waals surface area contributed by atoms with E-state index in [2.05, 4.69) is 15.0 Å². The van der Waals surface area contributed by atoms with Crippen LogP contribution in [0.15, 0.2) is 43.2 Å². The summed E-state index contributed by atoms with van der Waals surface area (Å²) >= 11 is 0. The van der Waals surface area contributed by atoms with Crippen LogP contribution in [0.4, 0.5) is 5.69 Å². The Morgan fingerprint density at radius 2 is 1.91 bits per heavy atom. The van der Waals surface area contributed by atoms with Crippen molar-refractivity contribution in [2.24, 2.45) is 11.8 Å². The van der Waals surface area contributed by atoms with E-state index >= 15 is 0 Å². The maximum absolute atomic E-state index is 12.6. The molecule has 0 unspecified atom stereocenters. The van der Waals surface area contributed by atoms with Gasteiger partial charge in [0, 0.05) is 37.9 Å². The third-order valence-corrected chi connectivity index (χ3v) is 4.50. The summed E-state index contributed by atoms with van der Waals surface area (Å²) in [4.78, 5) is 40.5. The molecule has 2 aliphatic rings. The standard InChI is InChI=1S/C16H15N5O2/c22-15(11-2-1-3-17-4-11)20-7-12-8-21(16(23)14(12)9-20)13-5-18-10-19-6-13/h1-6,10,12,14H,7-9H2/t12-,14-/m1/s1. The van der Waals surface area contributed by atoms with Crippen molar-refractivity contribution in [3.63, 3.8) is 0 Å². The highest BCUT2D eigenvalue weighted by Crippen LogP contribution is 2.35. The van der Waals surface area contributed by atoms with Crippen molar-refractivity contribution in [1.82, 2.24) is 19.9 Å². The molecule has 2 amide bonds. The molecular weight excluding hydrogens is 294 g/mol. The third-order valence-electron chi connectivity index (χ3n) is 4.50. The van der Waals surface area contributed by atoms with Crippen LogP contribution < -0.4 is 4.90 Å². The van der Waals surface area contributed by atoms with E-state index < -0.39 is 0 Å². The third kappa shape index (κ3) is 2.34. The summed E-state index contributed by atoms with van der Waals surface area (Å²) in [6.07, 6.45) is 7.93. The average molecular weight is 309 g/mol. The monoisotopic (exact) mass is 309 g/mol. The van der Waals surface area contributed by atoms with Gasteiger partial charge in [0.25, 0.3) is 5.91 Å². The van der Waals surface area contributed by atoms with Gasteiger partial charge in [-0.3, -0.25) is 14.6 Å². The fourth-order valence-electron chi connectivity index (χ4n) is 3.36. The topological polar surface area (TPSA) is 79.3 Å². The van der Waals surface area contributed by atoms with Crippen LogP contribution in [-0.4, -0.2) is 51.3 Å². The Kier molecular flexibility index (Phi) is 3.25. The predicted molar refractivity (Wildman–Crippen MR) is 81.5 cm³/mol. The van der Waals surface area contributed by atoms with E-state index in [1.807, 2.05) is 0 Å². The molecule has 23 heavy (non-hydrogen) atoms. The maximum Gasteiger partial charge on any atom is 0.255 e. The molecule has 2 aromatic rings. The Morgan fingerprint density at radius 3 is 2.61 bits per heavy atom. The summed E-state index contributed by atoms with van der Waals surface area (Å²) in [6, 6.07) is 3.49. The molecule has 0 aliphatic carbocycles. The number of amides is 2. The van der Waals surface area contributed by atoms with Crippen LogP contribution in [0.25, 0.3) is 0 Å². The van der Waals surface area contributed by atoms with E-state index in [0.717, 1.165) is 5.69 Å². The molecule has 2 atom stereocenters. The van der Waals surface area contributed by atoms with Crippen LogP contribution in [-0.2, 0) is 4.79 Å². The van der Waals surface area contributed by atoms with Gasteiger partial charge < -0.3 is 9.80 Å². The Hall–Kier alpha value is -2.83. The summed E-state index contributed by atoms with van der Waals surface area (Å²) in [7, 11) is 0. The van der Waals surface area contributed by atoms with Gasteiger partial charge in [0.1, 0.15) is 6.33 Å². The highest BCUT2D eigenvalue weighted by Gasteiger charge is 2.48. The lowest BCUT2D eigenvalue weighted by Crippen LogP contribution is -2.35. The molecule has 2 aliphatic heterocycles. The minimum Gasteiger partial charge on any atom is -0.337 e. The molecule has 4 rings (SSSR count). The van der Waals surface area contributed by atoms with E-state index in [1.54, 1.807) is 46.7 Å². The van der Waals surface area contributed by atoms with E-state index in [4.69, 9.17) is 0 Å². The number of hydrogen-bond donors (Lipinski definition) is 0. The minimum absolute atomic E-state index is 0.0475. The van der Waals surface area contributed by atoms with Crippen molar-refractivity contribution in [2.45, 2.75) is 0 Å². The second kappa shape index (κ2) is 5.42. The number of carbonyl (C=O) groups excluding carboxylic acids is 2. The van der Waals surface area contributed by atoms with Gasteiger partial charge in [0.05, 0.1) is 29.6 Å². The summed E-state index contributed by atoms with van der Waals surface area (Å²) in [5, 5.41) is 0. The summed E-state index contributed by atoms with van der Waals surface area (Å²) in [5.41, 5.74) is 1.28. The van der Waals surface area contributed by atoms with Crippen molar-refractivity contribution < 1.29 is 9.59 Å². The van der Waals surface area contributed by atoms with E-state index in [1.165, 1.54) is 6.33 Å². The fraction of sp³-hybridized carbons (Fsp3) is 0.312. The predicted octanol–water partition coefficient (Wildman–Crippen LogP) is 0.607. The van der Waals surface area contributed by atoms with Gasteiger partial charge in [0.2, 0.25) is 5.91 Å². The van der Waals surface area contributed by atoms with Crippen LogP contribution in [0.1, 0.15) is 10.4 Å². The van der Waals surface area contributed by atoms with Gasteiger partial charge in [-0.25, -0.2) is 9.97 Å². The van der Waals surface area contributed by atoms with E-state index in [0.29, 0.717) is 25.2 Å². The zero-order valence-corrected chi connectivity index (χ0v) is 12.4. The van der Waals surface area contributed by atoms with E-state index in [9.17, 15) is 9.59 Å². The van der Waals surface area contributed by atoms with Crippen molar-refractivity contribution in [3.05, 3.63) is 48.8 Å². The molecule has 0 N–H and O–H groups in total. The van der Waals surface area contributed by atoms with Gasteiger partial charge in [-0.1, -0.05) is 0 Å². The number of fused-ring (bicyclic) bond motifs is 1. The SMILES string of the molecule is O=C(c1cccnc1)N1C[C@@H]2CN(c3cncnc3)C(=O)[C@@H]2C1. The molecule has 116 valence electrons. The first-order valence-corrected chi connectivity index (χ1v) is 7.50. The molecule has 0 saturated carbocycles. The molecule has 0 radical (unpaired) electrons. The summed E-state index contributed by atoms with van der Waals surface area (Å²) in [5.74, 6) is 0.000311. The first-order valence-electron chi connectivity index (χ1n) is 7.50. The largest absolute Gasteiger partial charge is 0.337 e. The molecule has 0 bridgehead atoms. The van der Waals surface area contributed by atoms with Crippen LogP contribution in [0.3, 0.4) is 0 Å². The minimum atomic E-state index is -0.143. The number of anilines is 1. The van der Waals surface area contributed by atoms with Gasteiger partial charge in [-0.2, -0.15) is 0 Å². The number of aromatic nitrogens is 3. The molecule has 7 nitrogen and oxygen atoms in total. The zero-order valence-electron chi connectivity index (χ0n) is 12.4. The lowest BCUT2D eigenvalue weighted by atomic mass is 10.0. The Balaban J connectivity index is 1.49. The van der Waals surface area contributed by atoms with Crippen molar-refractivity contribution in [3.8, 4) is 0 Å². The molecule has 4 heterocycles. The lowest BCUT2D eigenvalue weighted by molar-refractivity contribution is -0.120. The fourth-order valence-corrected chi connectivity index (χ4v) is 3.36. The molecule has 0 aromatic carbocycles. The molecule has 2 saturated heterocycles. The van der Waals surface area contributed by atoms with Crippen LogP contribution in [0, 0.1) is 11.8 Å². The number of hydrogen-bond acceptors (Lipinski definition) is 5. The second-order valence-corrected chi connectivity index (χ2v) is 5.86. The summed E-state index contributed by atoms with van der Waals surface area (Å²) in [6.45, 7) is 1.66. The van der Waals surface area contributed by atoms with E-state index in [-0.39, 0.29) is 23.7 Å². The number of pyridine rings is 1. The molecule has 0 spiro atoms. The Bertz CT molecular complexity index is 737. The highest BCUT2D eigenvalue weighted by atomic mass is 16.2. The lowest BCUT2D eigenvalue weighted by Gasteiger charge is -2.21. The number of carbonyl (C=O) groups is 2. The Morgan fingerprint density at radius 1 is 1.09 bits per heavy atom. The molecular formula is C16H15N5O2. The number of likely N-dealkylation sites (tertiary alicyclic amines) is 1. The molecule has 2 aromatic heterocycles. The highest BCUT2D eigenvalue weighted by molar-refractivity contribution is 5.99. The second-order valence-electron chi connectivity index (χ2n) is 5.86. The van der Waals surface area contributed by atoms with Crippen LogP contribution in [0.2, 0.25) is 0 Å². The van der Waals surface area contributed by atoms with Gasteiger partial charge in [0.15, 0.2) is 0 Å². The van der Waals surface area contributed by atoms with Gasteiger partial charge >= 0.3 is 0 Å². The van der Waals surface area contributed by atoms with Gasteiger partial charge in [-0.15, -0.1) is 0 Å². The smallest absolute Gasteiger partial charge is 0.255 e. The van der Waals surface area contributed by atoms with Crippen molar-refractivity contribution in [2.75, 3.05) is 24.5 Å². The maximum atomic E-state index is 12.6.